The molecular weight excluding hydrogens is 323 g/mol. The molecule has 1 unspecified atom stereocenters. The first-order valence-electron chi connectivity index (χ1n) is 6.23. The highest BCUT2D eigenvalue weighted by molar-refractivity contribution is 9.10. The predicted octanol–water partition coefficient (Wildman–Crippen LogP) is 4.05. The molecule has 1 atom stereocenters. The molecule has 0 spiro atoms. The van der Waals surface area contributed by atoms with Gasteiger partial charge >= 0.3 is 0 Å². The highest BCUT2D eigenvalue weighted by atomic mass is 79.9. The maximum absolute atomic E-state index is 13.7. The van der Waals surface area contributed by atoms with Crippen molar-refractivity contribution in [2.75, 3.05) is 7.11 Å². The highest BCUT2D eigenvalue weighted by Crippen LogP contribution is 2.28. The van der Waals surface area contributed by atoms with E-state index in [-0.39, 0.29) is 5.75 Å². The number of hydrogen-bond donors (Lipinski definition) is 1. The Morgan fingerprint density at radius 2 is 1.85 bits per heavy atom. The van der Waals surface area contributed by atoms with Crippen LogP contribution in [0.4, 0.5) is 4.39 Å². The summed E-state index contributed by atoms with van der Waals surface area (Å²) in [5.74, 6) is -0.214. The van der Waals surface area contributed by atoms with Crippen molar-refractivity contribution >= 4 is 15.9 Å². The predicted molar refractivity (Wildman–Crippen MR) is 80.4 cm³/mol. The minimum Gasteiger partial charge on any atom is -0.494 e. The lowest BCUT2D eigenvalue weighted by Gasteiger charge is -2.24. The van der Waals surface area contributed by atoms with Gasteiger partial charge in [0.25, 0.3) is 0 Å². The third kappa shape index (κ3) is 3.38. The first-order chi connectivity index (χ1) is 9.42. The van der Waals surface area contributed by atoms with Gasteiger partial charge in [0, 0.05) is 10.9 Å². The van der Waals surface area contributed by atoms with Gasteiger partial charge in [-0.2, -0.15) is 0 Å². The Bertz CT molecular complexity index is 594. The summed E-state index contributed by atoms with van der Waals surface area (Å²) in [6.45, 7) is 1.72. The lowest BCUT2D eigenvalue weighted by Crippen LogP contribution is -2.24. The number of benzene rings is 2. The maximum atomic E-state index is 13.7. The van der Waals surface area contributed by atoms with Crippen molar-refractivity contribution < 1.29 is 14.2 Å². The second kappa shape index (κ2) is 5.94. The van der Waals surface area contributed by atoms with Gasteiger partial charge in [-0.3, -0.25) is 0 Å². The van der Waals surface area contributed by atoms with Gasteiger partial charge in [0.1, 0.15) is 0 Å². The fourth-order valence-electron chi connectivity index (χ4n) is 2.13. The standard InChI is InChI=1S/C16H16BrFO2/c1-16(19,12-4-6-13(17)7-5-12)10-11-3-8-15(20-2)14(18)9-11/h3-9,19H,10H2,1-2H3. The maximum Gasteiger partial charge on any atom is 0.165 e. The van der Waals surface area contributed by atoms with Crippen LogP contribution in [0, 0.1) is 5.82 Å². The Kier molecular flexibility index (Phi) is 4.45. The van der Waals surface area contributed by atoms with E-state index in [1.165, 1.54) is 13.2 Å². The molecule has 2 nitrogen and oxygen atoms in total. The van der Waals surface area contributed by atoms with Crippen LogP contribution in [-0.2, 0) is 12.0 Å². The second-order valence-corrected chi connectivity index (χ2v) is 5.84. The summed E-state index contributed by atoms with van der Waals surface area (Å²) >= 11 is 3.36. The van der Waals surface area contributed by atoms with Crippen molar-refractivity contribution in [3.63, 3.8) is 0 Å². The first kappa shape index (κ1) is 15.0. The van der Waals surface area contributed by atoms with Crippen LogP contribution in [0.1, 0.15) is 18.1 Å². The van der Waals surface area contributed by atoms with Gasteiger partial charge in [-0.1, -0.05) is 34.1 Å². The van der Waals surface area contributed by atoms with Gasteiger partial charge < -0.3 is 9.84 Å². The van der Waals surface area contributed by atoms with E-state index < -0.39 is 11.4 Å². The fourth-order valence-corrected chi connectivity index (χ4v) is 2.39. The third-order valence-electron chi connectivity index (χ3n) is 3.23. The molecule has 0 aliphatic rings. The second-order valence-electron chi connectivity index (χ2n) is 4.93. The molecule has 106 valence electrons. The molecule has 0 aliphatic carbocycles. The zero-order valence-corrected chi connectivity index (χ0v) is 12.9. The molecule has 2 aromatic carbocycles. The lowest BCUT2D eigenvalue weighted by atomic mass is 9.89. The topological polar surface area (TPSA) is 29.5 Å². The zero-order chi connectivity index (χ0) is 14.8. The van der Waals surface area contributed by atoms with Crippen LogP contribution in [0.2, 0.25) is 0 Å². The Morgan fingerprint density at radius 1 is 1.20 bits per heavy atom. The number of aliphatic hydroxyl groups is 1. The number of hydrogen-bond acceptors (Lipinski definition) is 2. The number of halogens is 2. The van der Waals surface area contributed by atoms with Gasteiger partial charge in [-0.15, -0.1) is 0 Å². The van der Waals surface area contributed by atoms with E-state index in [0.717, 1.165) is 15.6 Å². The van der Waals surface area contributed by atoms with E-state index in [9.17, 15) is 9.50 Å². The van der Waals surface area contributed by atoms with E-state index in [2.05, 4.69) is 15.9 Å². The third-order valence-corrected chi connectivity index (χ3v) is 3.76. The van der Waals surface area contributed by atoms with Gasteiger partial charge in [-0.25, -0.2) is 4.39 Å². The van der Waals surface area contributed by atoms with Crippen LogP contribution < -0.4 is 4.74 Å². The van der Waals surface area contributed by atoms with Crippen LogP contribution >= 0.6 is 15.9 Å². The minimum atomic E-state index is -1.05. The molecule has 4 heteroatoms. The summed E-state index contributed by atoms with van der Waals surface area (Å²) in [5.41, 5.74) is 0.454. The Balaban J connectivity index is 2.23. The summed E-state index contributed by atoms with van der Waals surface area (Å²) in [4.78, 5) is 0. The van der Waals surface area contributed by atoms with Crippen LogP contribution in [0.3, 0.4) is 0 Å². The molecule has 0 heterocycles. The molecular formula is C16H16BrFO2. The molecule has 2 aromatic rings. The van der Waals surface area contributed by atoms with E-state index >= 15 is 0 Å². The Labute approximate surface area is 126 Å². The number of methoxy groups -OCH3 is 1. The van der Waals surface area contributed by atoms with Crippen molar-refractivity contribution in [2.45, 2.75) is 18.9 Å². The smallest absolute Gasteiger partial charge is 0.165 e. The highest BCUT2D eigenvalue weighted by Gasteiger charge is 2.24. The number of ether oxygens (including phenoxy) is 1. The normalized spacial score (nSPS) is 13.8. The van der Waals surface area contributed by atoms with Crippen molar-refractivity contribution in [1.82, 2.24) is 0 Å². The molecule has 20 heavy (non-hydrogen) atoms. The molecule has 0 amide bonds. The van der Waals surface area contributed by atoms with Crippen LogP contribution in [0.5, 0.6) is 5.75 Å². The summed E-state index contributed by atoms with van der Waals surface area (Å²) in [6, 6.07) is 12.2. The van der Waals surface area contributed by atoms with Gasteiger partial charge in [0.2, 0.25) is 0 Å². The minimum absolute atomic E-state index is 0.206. The molecule has 2 rings (SSSR count). The van der Waals surface area contributed by atoms with E-state index in [0.29, 0.717) is 6.42 Å². The molecule has 0 saturated heterocycles. The summed E-state index contributed by atoms with van der Waals surface area (Å²) < 4.78 is 19.5. The molecule has 0 radical (unpaired) electrons. The van der Waals surface area contributed by atoms with Crippen LogP contribution in [0.25, 0.3) is 0 Å². The quantitative estimate of drug-likeness (QED) is 0.911. The average Bonchev–Trinajstić information content (AvgIpc) is 2.39. The van der Waals surface area contributed by atoms with Gasteiger partial charge in [0.15, 0.2) is 11.6 Å². The largest absolute Gasteiger partial charge is 0.494 e. The summed E-state index contributed by atoms with van der Waals surface area (Å²) in [5, 5.41) is 10.6. The van der Waals surface area contributed by atoms with Crippen LogP contribution in [0.15, 0.2) is 46.9 Å². The summed E-state index contributed by atoms with van der Waals surface area (Å²) in [7, 11) is 1.43. The molecule has 0 aromatic heterocycles. The van der Waals surface area contributed by atoms with Crippen molar-refractivity contribution in [2.24, 2.45) is 0 Å². The molecule has 0 aliphatic heterocycles. The van der Waals surface area contributed by atoms with Crippen LogP contribution in [-0.4, -0.2) is 12.2 Å². The molecule has 0 fully saturated rings. The fraction of sp³-hybridized carbons (Fsp3) is 0.250. The molecule has 0 saturated carbocycles. The van der Waals surface area contributed by atoms with Gasteiger partial charge in [-0.05, 0) is 42.3 Å². The number of rotatable bonds is 4. The van der Waals surface area contributed by atoms with Crippen molar-refractivity contribution in [3.05, 3.63) is 63.9 Å². The monoisotopic (exact) mass is 338 g/mol. The average molecular weight is 339 g/mol. The van der Waals surface area contributed by atoms with E-state index in [1.807, 2.05) is 24.3 Å². The summed E-state index contributed by atoms with van der Waals surface area (Å²) in [6.07, 6.45) is 0.329. The molecule has 1 N–H and O–H groups in total. The zero-order valence-electron chi connectivity index (χ0n) is 11.4. The van der Waals surface area contributed by atoms with Gasteiger partial charge in [0.05, 0.1) is 12.7 Å². The van der Waals surface area contributed by atoms with Crippen molar-refractivity contribution in [3.8, 4) is 5.75 Å². The molecule has 0 bridgehead atoms. The Hall–Kier alpha value is -1.39. The van der Waals surface area contributed by atoms with E-state index in [4.69, 9.17) is 4.74 Å². The Morgan fingerprint density at radius 3 is 2.40 bits per heavy atom. The SMILES string of the molecule is COc1ccc(CC(C)(O)c2ccc(Br)cc2)cc1F. The lowest BCUT2D eigenvalue weighted by molar-refractivity contribution is 0.0575. The van der Waals surface area contributed by atoms with Crippen molar-refractivity contribution in [1.29, 1.82) is 0 Å². The van der Waals surface area contributed by atoms with E-state index in [1.54, 1.807) is 19.1 Å². The first-order valence-corrected chi connectivity index (χ1v) is 7.02.